The Bertz CT molecular complexity index is 1240. The number of nitrogens with zero attached hydrogens (tertiary/aromatic N) is 1. The standard InChI is InChI=1S/C26H25ClN2O5/c1-30-17-8-5-15(6-9-17)20-14-21-19-13-16(27)7-11-22(19)34-26(29(21)28-20)18-10-12-23(31-2)25(33-4)24(18)32-3/h5-14,21,26,28H,1-4H3. The van der Waals surface area contributed by atoms with Gasteiger partial charge in [0.1, 0.15) is 11.5 Å². The lowest BCUT2D eigenvalue weighted by molar-refractivity contribution is -0.0340. The average molecular weight is 481 g/mol. The molecule has 0 saturated heterocycles. The second kappa shape index (κ2) is 9.00. The van der Waals surface area contributed by atoms with Crippen LogP contribution >= 0.6 is 11.6 Å². The predicted octanol–water partition coefficient (Wildman–Crippen LogP) is 5.37. The van der Waals surface area contributed by atoms with Gasteiger partial charge in [0, 0.05) is 10.6 Å². The summed E-state index contributed by atoms with van der Waals surface area (Å²) in [6, 6.07) is 17.2. The summed E-state index contributed by atoms with van der Waals surface area (Å²) >= 11 is 6.35. The molecule has 2 aliphatic rings. The molecule has 7 nitrogen and oxygen atoms in total. The maximum absolute atomic E-state index is 6.50. The third-order valence-corrected chi connectivity index (χ3v) is 6.29. The van der Waals surface area contributed by atoms with Crippen molar-refractivity contribution < 1.29 is 23.7 Å². The first-order valence-corrected chi connectivity index (χ1v) is 11.1. The highest BCUT2D eigenvalue weighted by atomic mass is 35.5. The summed E-state index contributed by atoms with van der Waals surface area (Å²) in [4.78, 5) is 0. The molecular weight excluding hydrogens is 456 g/mol. The Hall–Kier alpha value is -3.55. The molecule has 3 aromatic rings. The fourth-order valence-corrected chi connectivity index (χ4v) is 4.61. The Morgan fingerprint density at radius 1 is 0.824 bits per heavy atom. The molecule has 0 saturated carbocycles. The first-order chi connectivity index (χ1) is 16.6. The molecule has 34 heavy (non-hydrogen) atoms. The van der Waals surface area contributed by atoms with Crippen LogP contribution in [0.2, 0.25) is 5.02 Å². The quantitative estimate of drug-likeness (QED) is 0.509. The molecule has 1 N–H and O–H groups in total. The van der Waals surface area contributed by atoms with Gasteiger partial charge in [0.05, 0.1) is 45.7 Å². The first kappa shape index (κ1) is 22.3. The largest absolute Gasteiger partial charge is 0.497 e. The van der Waals surface area contributed by atoms with Crippen LogP contribution in [0.25, 0.3) is 5.70 Å². The van der Waals surface area contributed by atoms with E-state index in [0.717, 1.165) is 33.9 Å². The minimum Gasteiger partial charge on any atom is -0.497 e. The molecule has 2 heterocycles. The van der Waals surface area contributed by atoms with E-state index in [9.17, 15) is 0 Å². The maximum Gasteiger partial charge on any atom is 0.203 e. The molecule has 0 fully saturated rings. The monoisotopic (exact) mass is 480 g/mol. The van der Waals surface area contributed by atoms with E-state index in [1.165, 1.54) is 0 Å². The van der Waals surface area contributed by atoms with Crippen molar-refractivity contribution >= 4 is 17.3 Å². The highest BCUT2D eigenvalue weighted by Gasteiger charge is 2.42. The molecule has 5 rings (SSSR count). The van der Waals surface area contributed by atoms with Crippen LogP contribution < -0.4 is 29.1 Å². The normalized spacial score (nSPS) is 18.7. The minimum absolute atomic E-state index is 0.123. The summed E-state index contributed by atoms with van der Waals surface area (Å²) in [5, 5.41) is 2.69. The Morgan fingerprint density at radius 3 is 2.26 bits per heavy atom. The SMILES string of the molecule is COc1ccc(C2=CC3c4cc(Cl)ccc4OC(c4ccc(OC)c(OC)c4OC)N3N2)cc1. The number of fused-ring (bicyclic) bond motifs is 3. The van der Waals surface area contributed by atoms with Crippen LogP contribution in [0.1, 0.15) is 29.0 Å². The lowest BCUT2D eigenvalue weighted by Gasteiger charge is -2.39. The van der Waals surface area contributed by atoms with Crippen molar-refractivity contribution in [1.82, 2.24) is 10.4 Å². The summed E-state index contributed by atoms with van der Waals surface area (Å²) in [6.45, 7) is 0. The van der Waals surface area contributed by atoms with Gasteiger partial charge in [-0.25, -0.2) is 0 Å². The average Bonchev–Trinajstić information content (AvgIpc) is 3.33. The van der Waals surface area contributed by atoms with E-state index in [2.05, 4.69) is 11.5 Å². The van der Waals surface area contributed by atoms with Crippen molar-refractivity contribution in [2.75, 3.05) is 28.4 Å². The van der Waals surface area contributed by atoms with Gasteiger partial charge in [-0.15, -0.1) is 0 Å². The molecule has 176 valence electrons. The number of hydrogen-bond donors (Lipinski definition) is 1. The fraction of sp³-hybridized carbons (Fsp3) is 0.231. The number of ether oxygens (including phenoxy) is 5. The molecule has 0 aliphatic carbocycles. The van der Waals surface area contributed by atoms with Crippen LogP contribution in [0.4, 0.5) is 0 Å². The van der Waals surface area contributed by atoms with Crippen molar-refractivity contribution in [3.63, 3.8) is 0 Å². The Kier molecular flexibility index (Phi) is 5.89. The molecular formula is C26H25ClN2O5. The second-order valence-electron chi connectivity index (χ2n) is 7.85. The number of benzene rings is 3. The molecule has 0 amide bonds. The van der Waals surface area contributed by atoms with Crippen molar-refractivity contribution in [1.29, 1.82) is 0 Å². The van der Waals surface area contributed by atoms with Crippen molar-refractivity contribution in [3.05, 3.63) is 82.4 Å². The molecule has 0 spiro atoms. The van der Waals surface area contributed by atoms with Gasteiger partial charge in [0.15, 0.2) is 17.7 Å². The number of methoxy groups -OCH3 is 4. The third kappa shape index (κ3) is 3.67. The highest BCUT2D eigenvalue weighted by Crippen LogP contribution is 2.50. The highest BCUT2D eigenvalue weighted by molar-refractivity contribution is 6.30. The predicted molar refractivity (Wildman–Crippen MR) is 130 cm³/mol. The maximum atomic E-state index is 6.50. The lowest BCUT2D eigenvalue weighted by atomic mass is 10.00. The number of halogens is 1. The smallest absolute Gasteiger partial charge is 0.203 e. The Morgan fingerprint density at radius 2 is 1.59 bits per heavy atom. The topological polar surface area (TPSA) is 61.4 Å². The van der Waals surface area contributed by atoms with Gasteiger partial charge < -0.3 is 29.1 Å². The van der Waals surface area contributed by atoms with Crippen LogP contribution in [0.15, 0.2) is 60.7 Å². The van der Waals surface area contributed by atoms with Gasteiger partial charge in [-0.2, -0.15) is 5.01 Å². The molecule has 0 bridgehead atoms. The molecule has 0 aromatic heterocycles. The van der Waals surface area contributed by atoms with Crippen LogP contribution in [0, 0.1) is 0 Å². The summed E-state index contributed by atoms with van der Waals surface area (Å²) < 4.78 is 28.6. The van der Waals surface area contributed by atoms with Crippen molar-refractivity contribution in [3.8, 4) is 28.7 Å². The number of hydrazine groups is 1. The van der Waals surface area contributed by atoms with Crippen molar-refractivity contribution in [2.24, 2.45) is 0 Å². The number of rotatable bonds is 6. The summed E-state index contributed by atoms with van der Waals surface area (Å²) in [5.41, 5.74) is 7.27. The summed E-state index contributed by atoms with van der Waals surface area (Å²) in [7, 11) is 6.44. The Balaban J connectivity index is 1.61. The summed E-state index contributed by atoms with van der Waals surface area (Å²) in [6.07, 6.45) is 1.65. The van der Waals surface area contributed by atoms with Crippen LogP contribution in [0.3, 0.4) is 0 Å². The zero-order chi connectivity index (χ0) is 23.8. The fourth-order valence-electron chi connectivity index (χ4n) is 4.43. The molecule has 2 aliphatic heterocycles. The van der Waals surface area contributed by atoms with E-state index in [1.54, 1.807) is 28.4 Å². The first-order valence-electron chi connectivity index (χ1n) is 10.7. The van der Waals surface area contributed by atoms with Gasteiger partial charge in [0.2, 0.25) is 5.75 Å². The molecule has 0 radical (unpaired) electrons. The minimum atomic E-state index is -0.513. The van der Waals surface area contributed by atoms with Gasteiger partial charge in [-0.1, -0.05) is 11.6 Å². The molecule has 2 unspecified atom stereocenters. The zero-order valence-electron chi connectivity index (χ0n) is 19.3. The van der Waals surface area contributed by atoms with E-state index < -0.39 is 6.23 Å². The second-order valence-corrected chi connectivity index (χ2v) is 8.29. The van der Waals surface area contributed by atoms with Crippen LogP contribution in [-0.2, 0) is 0 Å². The number of hydrogen-bond acceptors (Lipinski definition) is 7. The Labute approximate surface area is 203 Å². The van der Waals surface area contributed by atoms with E-state index in [1.807, 2.05) is 59.6 Å². The van der Waals surface area contributed by atoms with E-state index in [4.69, 9.17) is 35.3 Å². The van der Waals surface area contributed by atoms with Crippen LogP contribution in [-0.4, -0.2) is 33.4 Å². The van der Waals surface area contributed by atoms with Crippen LogP contribution in [0.5, 0.6) is 28.7 Å². The zero-order valence-corrected chi connectivity index (χ0v) is 20.1. The number of nitrogens with one attached hydrogen (secondary N) is 1. The molecule has 2 atom stereocenters. The molecule has 8 heteroatoms. The van der Waals surface area contributed by atoms with Crippen molar-refractivity contribution in [2.45, 2.75) is 12.3 Å². The third-order valence-electron chi connectivity index (χ3n) is 6.06. The van der Waals surface area contributed by atoms with E-state index >= 15 is 0 Å². The lowest BCUT2D eigenvalue weighted by Crippen LogP contribution is -2.43. The van der Waals surface area contributed by atoms with E-state index in [0.29, 0.717) is 22.3 Å². The van der Waals surface area contributed by atoms with Gasteiger partial charge in [-0.3, -0.25) is 0 Å². The molecule has 3 aromatic carbocycles. The van der Waals surface area contributed by atoms with Gasteiger partial charge >= 0.3 is 0 Å². The van der Waals surface area contributed by atoms with Gasteiger partial charge in [0.25, 0.3) is 0 Å². The van der Waals surface area contributed by atoms with E-state index in [-0.39, 0.29) is 6.04 Å². The van der Waals surface area contributed by atoms with Gasteiger partial charge in [-0.05, 0) is 66.2 Å². The summed E-state index contributed by atoms with van der Waals surface area (Å²) in [5.74, 6) is 3.18.